The minimum absolute atomic E-state index is 0.0847. The quantitative estimate of drug-likeness (QED) is 0.657. The Hall–Kier alpha value is -0.770. The third-order valence-corrected chi connectivity index (χ3v) is 3.13. The van der Waals surface area contributed by atoms with Crippen LogP contribution in [0.2, 0.25) is 0 Å². The second-order valence-electron chi connectivity index (χ2n) is 4.24. The molecule has 1 atom stereocenters. The van der Waals surface area contributed by atoms with Crippen molar-refractivity contribution in [2.75, 3.05) is 13.1 Å². The lowest BCUT2D eigenvalue weighted by atomic mass is 9.84. The normalized spacial score (nSPS) is 19.6. The van der Waals surface area contributed by atoms with Gasteiger partial charge in [0.05, 0.1) is 0 Å². The smallest absolute Gasteiger partial charge is 0.315 e. The maximum Gasteiger partial charge on any atom is 0.315 e. The van der Waals surface area contributed by atoms with Gasteiger partial charge in [0.2, 0.25) is 0 Å². The van der Waals surface area contributed by atoms with E-state index in [4.69, 9.17) is 5.73 Å². The lowest BCUT2D eigenvalue weighted by Crippen LogP contribution is -2.49. The molecule has 4 heteroatoms. The topological polar surface area (TPSA) is 67.2 Å². The van der Waals surface area contributed by atoms with E-state index in [9.17, 15) is 4.79 Å². The van der Waals surface area contributed by atoms with Crippen molar-refractivity contribution in [2.45, 2.75) is 45.1 Å². The van der Waals surface area contributed by atoms with E-state index in [0.717, 1.165) is 0 Å². The van der Waals surface area contributed by atoms with Crippen molar-refractivity contribution in [1.29, 1.82) is 0 Å². The summed E-state index contributed by atoms with van der Waals surface area (Å²) >= 11 is 0. The Balaban J connectivity index is 2.36. The molecule has 0 aromatic rings. The SMILES string of the molecule is CCNC(=O)NC(CN)C1CCCCC1. The van der Waals surface area contributed by atoms with Crippen LogP contribution in [-0.2, 0) is 0 Å². The number of hydrogen-bond acceptors (Lipinski definition) is 2. The highest BCUT2D eigenvalue weighted by molar-refractivity contribution is 5.74. The molecule has 1 fully saturated rings. The number of nitrogens with two attached hydrogens (primary N) is 1. The zero-order chi connectivity index (χ0) is 11.1. The van der Waals surface area contributed by atoms with Gasteiger partial charge in [-0.15, -0.1) is 0 Å². The molecule has 0 aromatic heterocycles. The molecule has 0 radical (unpaired) electrons. The third-order valence-electron chi connectivity index (χ3n) is 3.13. The number of rotatable bonds is 4. The summed E-state index contributed by atoms with van der Waals surface area (Å²) in [6, 6.07) is 0.0652. The minimum atomic E-state index is -0.0847. The summed E-state index contributed by atoms with van der Waals surface area (Å²) in [5.41, 5.74) is 5.71. The Kier molecular flexibility index (Phi) is 5.47. The molecule has 88 valence electrons. The molecular weight excluding hydrogens is 190 g/mol. The van der Waals surface area contributed by atoms with Crippen molar-refractivity contribution in [3.63, 3.8) is 0 Å². The summed E-state index contributed by atoms with van der Waals surface area (Å²) in [6.45, 7) is 3.12. The fourth-order valence-corrected chi connectivity index (χ4v) is 2.29. The van der Waals surface area contributed by atoms with Crippen molar-refractivity contribution in [2.24, 2.45) is 11.7 Å². The van der Waals surface area contributed by atoms with Crippen LogP contribution in [0.4, 0.5) is 4.79 Å². The van der Waals surface area contributed by atoms with Crippen LogP contribution in [0.1, 0.15) is 39.0 Å². The molecule has 4 N–H and O–H groups in total. The summed E-state index contributed by atoms with van der Waals surface area (Å²) < 4.78 is 0. The van der Waals surface area contributed by atoms with E-state index >= 15 is 0 Å². The van der Waals surface area contributed by atoms with E-state index in [0.29, 0.717) is 19.0 Å². The molecule has 0 spiro atoms. The van der Waals surface area contributed by atoms with Gasteiger partial charge in [-0.05, 0) is 25.7 Å². The molecule has 0 bridgehead atoms. The molecule has 0 aromatic carbocycles. The van der Waals surface area contributed by atoms with Gasteiger partial charge >= 0.3 is 6.03 Å². The highest BCUT2D eigenvalue weighted by Gasteiger charge is 2.23. The molecule has 4 nitrogen and oxygen atoms in total. The van der Waals surface area contributed by atoms with Crippen molar-refractivity contribution >= 4 is 6.03 Å². The van der Waals surface area contributed by atoms with E-state index in [2.05, 4.69) is 10.6 Å². The summed E-state index contributed by atoms with van der Waals surface area (Å²) in [5, 5.41) is 5.71. The Labute approximate surface area is 92.0 Å². The van der Waals surface area contributed by atoms with Gasteiger partial charge in [-0.1, -0.05) is 19.3 Å². The lowest BCUT2D eigenvalue weighted by molar-refractivity contribution is 0.223. The molecule has 0 saturated heterocycles. The summed E-state index contributed by atoms with van der Waals surface area (Å²) in [6.07, 6.45) is 6.29. The summed E-state index contributed by atoms with van der Waals surface area (Å²) in [4.78, 5) is 11.4. The third kappa shape index (κ3) is 4.08. The number of nitrogens with one attached hydrogen (secondary N) is 2. The molecule has 1 aliphatic carbocycles. The molecule has 0 heterocycles. The summed E-state index contributed by atoms with van der Waals surface area (Å²) in [7, 11) is 0. The predicted octanol–water partition coefficient (Wildman–Crippen LogP) is 1.21. The van der Waals surface area contributed by atoms with Gasteiger partial charge in [-0.25, -0.2) is 4.79 Å². The van der Waals surface area contributed by atoms with Crippen molar-refractivity contribution < 1.29 is 4.79 Å². The highest BCUT2D eigenvalue weighted by atomic mass is 16.2. The molecule has 2 amide bonds. The van der Waals surface area contributed by atoms with Crippen LogP contribution in [0.5, 0.6) is 0 Å². The zero-order valence-electron chi connectivity index (χ0n) is 9.59. The maximum absolute atomic E-state index is 11.4. The number of hydrogen-bond donors (Lipinski definition) is 3. The van der Waals surface area contributed by atoms with Crippen LogP contribution in [0.25, 0.3) is 0 Å². The molecular formula is C11H23N3O. The molecule has 1 rings (SSSR count). The Bertz CT molecular complexity index is 190. The van der Waals surface area contributed by atoms with Crippen LogP contribution in [0.15, 0.2) is 0 Å². The molecule has 1 saturated carbocycles. The first-order chi connectivity index (χ1) is 7.27. The second-order valence-corrected chi connectivity index (χ2v) is 4.24. The largest absolute Gasteiger partial charge is 0.338 e. The Morgan fingerprint density at radius 3 is 2.60 bits per heavy atom. The van der Waals surface area contributed by atoms with Crippen molar-refractivity contribution in [3.8, 4) is 0 Å². The molecule has 1 unspecified atom stereocenters. The van der Waals surface area contributed by atoms with Crippen LogP contribution in [-0.4, -0.2) is 25.2 Å². The first-order valence-corrected chi connectivity index (χ1v) is 6.02. The average Bonchev–Trinajstić information content (AvgIpc) is 2.27. The molecule has 0 aliphatic heterocycles. The van der Waals surface area contributed by atoms with Gasteiger partial charge in [-0.3, -0.25) is 0 Å². The number of amides is 2. The van der Waals surface area contributed by atoms with Gasteiger partial charge in [0.15, 0.2) is 0 Å². The fourth-order valence-electron chi connectivity index (χ4n) is 2.29. The molecule has 15 heavy (non-hydrogen) atoms. The van der Waals surface area contributed by atoms with E-state index in [1.54, 1.807) is 0 Å². The van der Waals surface area contributed by atoms with E-state index in [1.807, 2.05) is 6.92 Å². The first-order valence-electron chi connectivity index (χ1n) is 6.02. The van der Waals surface area contributed by atoms with Crippen LogP contribution in [0, 0.1) is 5.92 Å². The summed E-state index contributed by atoms with van der Waals surface area (Å²) in [5.74, 6) is 0.575. The number of urea groups is 1. The fraction of sp³-hybridized carbons (Fsp3) is 0.909. The van der Waals surface area contributed by atoms with Crippen LogP contribution in [0.3, 0.4) is 0 Å². The standard InChI is InChI=1S/C11H23N3O/c1-2-13-11(15)14-10(8-12)9-6-4-3-5-7-9/h9-10H,2-8,12H2,1H3,(H2,13,14,15). The monoisotopic (exact) mass is 213 g/mol. The lowest BCUT2D eigenvalue weighted by Gasteiger charge is -2.30. The second kappa shape index (κ2) is 6.67. The van der Waals surface area contributed by atoms with Crippen molar-refractivity contribution in [1.82, 2.24) is 10.6 Å². The Morgan fingerprint density at radius 1 is 1.40 bits per heavy atom. The van der Waals surface area contributed by atoms with Crippen LogP contribution < -0.4 is 16.4 Å². The Morgan fingerprint density at radius 2 is 2.07 bits per heavy atom. The van der Waals surface area contributed by atoms with Crippen molar-refractivity contribution in [3.05, 3.63) is 0 Å². The van der Waals surface area contributed by atoms with Gasteiger partial charge in [0, 0.05) is 19.1 Å². The zero-order valence-corrected chi connectivity index (χ0v) is 9.59. The number of carbonyl (C=O) groups excluding carboxylic acids is 1. The predicted molar refractivity (Wildman–Crippen MR) is 61.6 cm³/mol. The maximum atomic E-state index is 11.4. The first kappa shape index (κ1) is 12.3. The van der Waals surface area contributed by atoms with Gasteiger partial charge in [0.25, 0.3) is 0 Å². The van der Waals surface area contributed by atoms with E-state index in [-0.39, 0.29) is 12.1 Å². The highest BCUT2D eigenvalue weighted by Crippen LogP contribution is 2.26. The van der Waals surface area contributed by atoms with E-state index in [1.165, 1.54) is 32.1 Å². The van der Waals surface area contributed by atoms with Crippen LogP contribution >= 0.6 is 0 Å². The number of carbonyl (C=O) groups is 1. The van der Waals surface area contributed by atoms with Gasteiger partial charge in [0.1, 0.15) is 0 Å². The van der Waals surface area contributed by atoms with Gasteiger partial charge in [-0.2, -0.15) is 0 Å². The molecule has 1 aliphatic rings. The van der Waals surface area contributed by atoms with E-state index < -0.39 is 0 Å². The minimum Gasteiger partial charge on any atom is -0.338 e. The van der Waals surface area contributed by atoms with Gasteiger partial charge < -0.3 is 16.4 Å². The average molecular weight is 213 g/mol.